The number of nitrogens with one attached hydrogen (secondary N) is 1. The molecule has 0 radical (unpaired) electrons. The molecule has 1 unspecified atom stereocenters. The zero-order valence-corrected chi connectivity index (χ0v) is 14.5. The summed E-state index contributed by atoms with van der Waals surface area (Å²) >= 11 is 2.22. The molecule has 0 heterocycles. The van der Waals surface area contributed by atoms with Gasteiger partial charge in [-0.15, -0.1) is 12.4 Å². The summed E-state index contributed by atoms with van der Waals surface area (Å²) in [6.45, 7) is 6.70. The van der Waals surface area contributed by atoms with E-state index >= 15 is 0 Å². The molecule has 1 aromatic carbocycles. The van der Waals surface area contributed by atoms with Gasteiger partial charge in [-0.25, -0.2) is 0 Å². The van der Waals surface area contributed by atoms with Gasteiger partial charge in [0.25, 0.3) is 5.91 Å². The zero-order chi connectivity index (χ0) is 13.8. The lowest BCUT2D eigenvalue weighted by atomic mass is 9.90. The van der Waals surface area contributed by atoms with Gasteiger partial charge in [-0.1, -0.05) is 13.8 Å². The van der Waals surface area contributed by atoms with Gasteiger partial charge in [-0.05, 0) is 66.1 Å². The smallest absolute Gasteiger partial charge is 0.251 e. The number of halogens is 2. The molecule has 0 aliphatic rings. The minimum atomic E-state index is -0.339. The number of carbonyl (C=O) groups excluding carboxylic acids is 1. The quantitative estimate of drug-likeness (QED) is 0.751. The van der Waals surface area contributed by atoms with Crippen molar-refractivity contribution < 1.29 is 4.79 Å². The molecule has 1 aromatic rings. The van der Waals surface area contributed by atoms with Crippen LogP contribution in [0.5, 0.6) is 0 Å². The largest absolute Gasteiger partial charge is 0.346 e. The van der Waals surface area contributed by atoms with Crippen molar-refractivity contribution in [3.05, 3.63) is 33.4 Å². The Morgan fingerprint density at radius 3 is 2.32 bits per heavy atom. The highest BCUT2D eigenvalue weighted by Crippen LogP contribution is 2.16. The minimum absolute atomic E-state index is 0. The first-order valence-corrected chi connectivity index (χ1v) is 7.22. The molecule has 0 aliphatic heterocycles. The second-order valence-corrected chi connectivity index (χ2v) is 6.57. The monoisotopic (exact) mass is 396 g/mol. The molecule has 0 aliphatic carbocycles. The summed E-state index contributed by atoms with van der Waals surface area (Å²) in [5.41, 5.74) is 6.13. The lowest BCUT2D eigenvalue weighted by Gasteiger charge is -2.31. The lowest BCUT2D eigenvalue weighted by Crippen LogP contribution is -2.52. The third-order valence-corrected chi connectivity index (χ3v) is 3.55. The van der Waals surface area contributed by atoms with E-state index in [1.165, 1.54) is 0 Å². The number of rotatable bonds is 5. The standard InChI is InChI=1S/C14H21IN2O.ClH/c1-10(2)8-14(3,9-16)17-13(18)11-4-6-12(15)7-5-11;/h4-7,10H,8-9,16H2,1-3H3,(H,17,18);1H. The Hall–Kier alpha value is -0.330. The van der Waals surface area contributed by atoms with Crippen molar-refractivity contribution in [2.75, 3.05) is 6.54 Å². The molecule has 3 N–H and O–H groups in total. The predicted molar refractivity (Wildman–Crippen MR) is 90.8 cm³/mol. The average molecular weight is 397 g/mol. The average Bonchev–Trinajstić information content (AvgIpc) is 2.28. The highest BCUT2D eigenvalue weighted by Gasteiger charge is 2.26. The number of hydrogen-bond acceptors (Lipinski definition) is 2. The fraction of sp³-hybridized carbons (Fsp3) is 0.500. The Morgan fingerprint density at radius 2 is 1.89 bits per heavy atom. The first kappa shape index (κ1) is 18.7. The highest BCUT2D eigenvalue weighted by molar-refractivity contribution is 14.1. The van der Waals surface area contributed by atoms with Crippen LogP contribution in [0, 0.1) is 9.49 Å². The van der Waals surface area contributed by atoms with Crippen LogP contribution in [0.4, 0.5) is 0 Å². The van der Waals surface area contributed by atoms with E-state index in [-0.39, 0.29) is 23.9 Å². The van der Waals surface area contributed by atoms with E-state index < -0.39 is 0 Å². The highest BCUT2D eigenvalue weighted by atomic mass is 127. The molecule has 1 atom stereocenters. The molecule has 0 aromatic heterocycles. The Kier molecular flexibility index (Phi) is 7.93. The van der Waals surface area contributed by atoms with Crippen LogP contribution in [0.1, 0.15) is 37.6 Å². The van der Waals surface area contributed by atoms with Gasteiger partial charge in [0.1, 0.15) is 0 Å². The summed E-state index contributed by atoms with van der Waals surface area (Å²) in [5.74, 6) is 0.440. The maximum atomic E-state index is 12.1. The van der Waals surface area contributed by atoms with Crippen molar-refractivity contribution in [3.8, 4) is 0 Å². The van der Waals surface area contributed by atoms with Gasteiger partial charge in [-0.2, -0.15) is 0 Å². The van der Waals surface area contributed by atoms with Crippen LogP contribution >= 0.6 is 35.0 Å². The van der Waals surface area contributed by atoms with Crippen LogP contribution in [0.3, 0.4) is 0 Å². The SMILES string of the molecule is CC(C)CC(C)(CN)NC(=O)c1ccc(I)cc1.Cl. The van der Waals surface area contributed by atoms with Gasteiger partial charge < -0.3 is 11.1 Å². The van der Waals surface area contributed by atoms with E-state index in [9.17, 15) is 4.79 Å². The second-order valence-electron chi connectivity index (χ2n) is 5.32. The van der Waals surface area contributed by atoms with E-state index in [1.807, 2.05) is 31.2 Å². The van der Waals surface area contributed by atoms with Crippen molar-refractivity contribution in [1.29, 1.82) is 0 Å². The lowest BCUT2D eigenvalue weighted by molar-refractivity contribution is 0.0898. The van der Waals surface area contributed by atoms with E-state index in [1.54, 1.807) is 0 Å². The fourth-order valence-corrected chi connectivity index (χ4v) is 2.39. The van der Waals surface area contributed by atoms with Crippen molar-refractivity contribution in [2.24, 2.45) is 11.7 Å². The van der Waals surface area contributed by atoms with Crippen LogP contribution in [-0.4, -0.2) is 18.0 Å². The summed E-state index contributed by atoms with van der Waals surface area (Å²) in [4.78, 5) is 12.1. The van der Waals surface area contributed by atoms with Gasteiger partial charge in [0, 0.05) is 21.2 Å². The van der Waals surface area contributed by atoms with Crippen molar-refractivity contribution in [2.45, 2.75) is 32.7 Å². The second kappa shape index (κ2) is 8.07. The molecule has 0 spiro atoms. The first-order valence-electron chi connectivity index (χ1n) is 6.14. The van der Waals surface area contributed by atoms with E-state index in [2.05, 4.69) is 41.8 Å². The molecule has 1 amide bonds. The molecule has 0 fully saturated rings. The van der Waals surface area contributed by atoms with Gasteiger partial charge in [0.05, 0.1) is 0 Å². The van der Waals surface area contributed by atoms with Crippen LogP contribution in [0.2, 0.25) is 0 Å². The molecule has 5 heteroatoms. The van der Waals surface area contributed by atoms with E-state index in [4.69, 9.17) is 5.73 Å². The van der Waals surface area contributed by atoms with Crippen molar-refractivity contribution in [3.63, 3.8) is 0 Å². The van der Waals surface area contributed by atoms with Gasteiger partial charge >= 0.3 is 0 Å². The Bertz CT molecular complexity index is 408. The summed E-state index contributed by atoms with van der Waals surface area (Å²) in [7, 11) is 0. The summed E-state index contributed by atoms with van der Waals surface area (Å²) in [6, 6.07) is 7.53. The molecular formula is C14H22ClIN2O. The Balaban J connectivity index is 0.00000324. The molecule has 108 valence electrons. The number of nitrogens with two attached hydrogens (primary N) is 1. The van der Waals surface area contributed by atoms with E-state index in [0.29, 0.717) is 18.0 Å². The molecule has 19 heavy (non-hydrogen) atoms. The Morgan fingerprint density at radius 1 is 1.37 bits per heavy atom. The van der Waals surface area contributed by atoms with Gasteiger partial charge in [0.15, 0.2) is 0 Å². The number of hydrogen-bond donors (Lipinski definition) is 2. The summed E-state index contributed by atoms with van der Waals surface area (Å²) < 4.78 is 1.12. The van der Waals surface area contributed by atoms with Gasteiger partial charge in [0.2, 0.25) is 0 Å². The third-order valence-electron chi connectivity index (χ3n) is 2.83. The summed E-state index contributed by atoms with van der Waals surface area (Å²) in [5, 5.41) is 3.04. The minimum Gasteiger partial charge on any atom is -0.346 e. The van der Waals surface area contributed by atoms with Crippen LogP contribution in [-0.2, 0) is 0 Å². The molecule has 0 bridgehead atoms. The van der Waals surface area contributed by atoms with Crippen LogP contribution in [0.15, 0.2) is 24.3 Å². The third kappa shape index (κ3) is 6.10. The zero-order valence-electron chi connectivity index (χ0n) is 11.6. The number of amides is 1. The maximum absolute atomic E-state index is 12.1. The molecule has 0 saturated heterocycles. The molecule has 0 saturated carbocycles. The topological polar surface area (TPSA) is 55.1 Å². The van der Waals surface area contributed by atoms with Crippen molar-refractivity contribution >= 4 is 40.9 Å². The maximum Gasteiger partial charge on any atom is 0.251 e. The van der Waals surface area contributed by atoms with Crippen molar-refractivity contribution in [1.82, 2.24) is 5.32 Å². The number of benzene rings is 1. The molecule has 1 rings (SSSR count). The predicted octanol–water partition coefficient (Wildman–Crippen LogP) is 3.21. The number of carbonyl (C=O) groups is 1. The van der Waals surface area contributed by atoms with Crippen LogP contribution < -0.4 is 11.1 Å². The fourth-order valence-electron chi connectivity index (χ4n) is 2.03. The first-order chi connectivity index (χ1) is 8.36. The summed E-state index contributed by atoms with van der Waals surface area (Å²) in [6.07, 6.45) is 0.875. The molecule has 3 nitrogen and oxygen atoms in total. The Labute approximate surface area is 135 Å². The molecular weight excluding hydrogens is 375 g/mol. The normalized spacial score (nSPS) is 13.6. The van der Waals surface area contributed by atoms with Crippen LogP contribution in [0.25, 0.3) is 0 Å². The van der Waals surface area contributed by atoms with Gasteiger partial charge in [-0.3, -0.25) is 4.79 Å². The van der Waals surface area contributed by atoms with E-state index in [0.717, 1.165) is 9.99 Å².